The third-order valence-corrected chi connectivity index (χ3v) is 2.21. The molecule has 0 bridgehead atoms. The molecule has 17 heavy (non-hydrogen) atoms. The van der Waals surface area contributed by atoms with E-state index in [1.165, 1.54) is 6.33 Å². The second kappa shape index (κ2) is 7.06. The van der Waals surface area contributed by atoms with Crippen LogP contribution in [0.15, 0.2) is 12.4 Å². The fraction of sp³-hybridized carbons (Fsp3) is 0.545. The summed E-state index contributed by atoms with van der Waals surface area (Å²) in [4.78, 5) is 19.1. The lowest BCUT2D eigenvalue weighted by Crippen LogP contribution is -2.28. The number of amides is 1. The second-order valence-electron chi connectivity index (χ2n) is 4.10. The lowest BCUT2D eigenvalue weighted by molar-refractivity contribution is -0.120. The number of carbonyl (C=O) groups is 1. The summed E-state index contributed by atoms with van der Waals surface area (Å²) in [6.45, 7) is 5.35. The van der Waals surface area contributed by atoms with Crippen molar-refractivity contribution in [2.24, 2.45) is 5.92 Å². The van der Waals surface area contributed by atoms with E-state index >= 15 is 0 Å². The maximum atomic E-state index is 11.4. The van der Waals surface area contributed by atoms with E-state index in [0.29, 0.717) is 36.4 Å². The van der Waals surface area contributed by atoms with Crippen LogP contribution < -0.4 is 10.6 Å². The van der Waals surface area contributed by atoms with E-state index in [9.17, 15) is 4.79 Å². The number of nitrogens with zero attached hydrogens (tertiary/aromatic N) is 2. The third kappa shape index (κ3) is 6.06. The lowest BCUT2D eigenvalue weighted by Gasteiger charge is -2.08. The number of hydrogen-bond donors (Lipinski definition) is 2. The summed E-state index contributed by atoms with van der Waals surface area (Å²) in [7, 11) is 0. The van der Waals surface area contributed by atoms with Crippen molar-refractivity contribution in [3.05, 3.63) is 17.5 Å². The molecule has 0 aliphatic heterocycles. The smallest absolute Gasteiger partial charge is 0.221 e. The van der Waals surface area contributed by atoms with Gasteiger partial charge in [-0.3, -0.25) is 4.79 Å². The van der Waals surface area contributed by atoms with Gasteiger partial charge in [0.05, 0.1) is 0 Å². The lowest BCUT2D eigenvalue weighted by atomic mass is 10.2. The topological polar surface area (TPSA) is 66.9 Å². The quantitative estimate of drug-likeness (QED) is 0.761. The molecule has 0 radical (unpaired) electrons. The Hall–Kier alpha value is -1.36. The van der Waals surface area contributed by atoms with Crippen LogP contribution >= 0.6 is 11.6 Å². The SMILES string of the molecule is CC(C)CNC(=O)CCNc1cc(Cl)ncn1. The zero-order chi connectivity index (χ0) is 12.7. The molecule has 0 aliphatic rings. The normalized spacial score (nSPS) is 10.4. The highest BCUT2D eigenvalue weighted by atomic mass is 35.5. The first kappa shape index (κ1) is 13.7. The molecule has 2 N–H and O–H groups in total. The van der Waals surface area contributed by atoms with E-state index in [4.69, 9.17) is 11.6 Å². The van der Waals surface area contributed by atoms with Crippen LogP contribution in [0.2, 0.25) is 5.15 Å². The average molecular weight is 257 g/mol. The van der Waals surface area contributed by atoms with Crippen molar-refractivity contribution >= 4 is 23.3 Å². The predicted octanol–water partition coefficient (Wildman–Crippen LogP) is 1.70. The molecule has 1 rings (SSSR count). The van der Waals surface area contributed by atoms with Crippen molar-refractivity contribution in [3.63, 3.8) is 0 Å². The summed E-state index contributed by atoms with van der Waals surface area (Å²) in [5.74, 6) is 1.13. The monoisotopic (exact) mass is 256 g/mol. The van der Waals surface area contributed by atoms with Gasteiger partial charge in [0, 0.05) is 25.6 Å². The number of nitrogens with one attached hydrogen (secondary N) is 2. The first-order valence-corrected chi connectivity index (χ1v) is 5.94. The van der Waals surface area contributed by atoms with E-state index in [1.54, 1.807) is 6.07 Å². The Labute approximate surface area is 106 Å². The van der Waals surface area contributed by atoms with Gasteiger partial charge in [0.25, 0.3) is 0 Å². The van der Waals surface area contributed by atoms with E-state index in [2.05, 4.69) is 34.4 Å². The molecule has 0 spiro atoms. The number of carbonyl (C=O) groups excluding carboxylic acids is 1. The van der Waals surface area contributed by atoms with Gasteiger partial charge in [0.2, 0.25) is 5.91 Å². The minimum atomic E-state index is 0.0337. The Morgan fingerprint density at radius 2 is 2.24 bits per heavy atom. The zero-order valence-electron chi connectivity index (χ0n) is 10.0. The second-order valence-corrected chi connectivity index (χ2v) is 4.49. The van der Waals surface area contributed by atoms with E-state index in [-0.39, 0.29) is 5.91 Å². The standard InChI is InChI=1S/C11H17ClN4O/c1-8(2)6-14-11(17)3-4-13-10-5-9(12)15-7-16-10/h5,7-8H,3-4,6H2,1-2H3,(H,14,17)(H,13,15,16). The molecule has 0 fully saturated rings. The molecule has 1 heterocycles. The van der Waals surface area contributed by atoms with Crippen LogP contribution in [0.25, 0.3) is 0 Å². The van der Waals surface area contributed by atoms with E-state index in [0.717, 1.165) is 0 Å². The van der Waals surface area contributed by atoms with Gasteiger partial charge in [0.1, 0.15) is 17.3 Å². The summed E-state index contributed by atoms with van der Waals surface area (Å²) in [6, 6.07) is 1.62. The average Bonchev–Trinajstić information content (AvgIpc) is 2.26. The highest BCUT2D eigenvalue weighted by Crippen LogP contribution is 2.07. The van der Waals surface area contributed by atoms with Crippen LogP contribution in [0.1, 0.15) is 20.3 Å². The fourth-order valence-electron chi connectivity index (χ4n) is 1.14. The molecule has 1 aromatic rings. The summed E-state index contributed by atoms with van der Waals surface area (Å²) in [5.41, 5.74) is 0. The van der Waals surface area contributed by atoms with Gasteiger partial charge in [-0.05, 0) is 5.92 Å². The maximum Gasteiger partial charge on any atom is 0.221 e. The number of halogens is 1. The molecule has 0 saturated carbocycles. The fourth-order valence-corrected chi connectivity index (χ4v) is 1.29. The highest BCUT2D eigenvalue weighted by molar-refractivity contribution is 6.29. The van der Waals surface area contributed by atoms with Crippen molar-refractivity contribution in [1.29, 1.82) is 0 Å². The summed E-state index contributed by atoms with van der Waals surface area (Å²) in [6.07, 6.45) is 1.79. The maximum absolute atomic E-state index is 11.4. The number of hydrogen-bond acceptors (Lipinski definition) is 4. The van der Waals surface area contributed by atoms with Crippen LogP contribution in [-0.2, 0) is 4.79 Å². The van der Waals surface area contributed by atoms with Gasteiger partial charge in [-0.15, -0.1) is 0 Å². The molecule has 6 heteroatoms. The molecule has 0 saturated heterocycles. The van der Waals surface area contributed by atoms with Crippen molar-refractivity contribution in [1.82, 2.24) is 15.3 Å². The van der Waals surface area contributed by atoms with Crippen molar-refractivity contribution in [3.8, 4) is 0 Å². The van der Waals surface area contributed by atoms with Crippen molar-refractivity contribution < 1.29 is 4.79 Å². The summed E-state index contributed by atoms with van der Waals surface area (Å²) >= 11 is 5.70. The Morgan fingerprint density at radius 3 is 2.88 bits per heavy atom. The molecule has 0 atom stereocenters. The minimum Gasteiger partial charge on any atom is -0.369 e. The molecule has 1 aromatic heterocycles. The van der Waals surface area contributed by atoms with Gasteiger partial charge in [0.15, 0.2) is 0 Å². The summed E-state index contributed by atoms with van der Waals surface area (Å²) < 4.78 is 0. The number of anilines is 1. The zero-order valence-corrected chi connectivity index (χ0v) is 10.8. The third-order valence-electron chi connectivity index (χ3n) is 2.00. The van der Waals surface area contributed by atoms with Crippen molar-refractivity contribution in [2.45, 2.75) is 20.3 Å². The van der Waals surface area contributed by atoms with Gasteiger partial charge < -0.3 is 10.6 Å². The molecule has 0 unspecified atom stereocenters. The Bertz CT molecular complexity index is 370. The molecule has 94 valence electrons. The molecular weight excluding hydrogens is 240 g/mol. The largest absolute Gasteiger partial charge is 0.369 e. The highest BCUT2D eigenvalue weighted by Gasteiger charge is 2.02. The Morgan fingerprint density at radius 1 is 1.47 bits per heavy atom. The van der Waals surface area contributed by atoms with Gasteiger partial charge >= 0.3 is 0 Å². The molecular formula is C11H17ClN4O. The summed E-state index contributed by atoms with van der Waals surface area (Å²) in [5, 5.41) is 6.23. The first-order chi connectivity index (χ1) is 8.08. The van der Waals surface area contributed by atoms with Crippen molar-refractivity contribution in [2.75, 3.05) is 18.4 Å². The molecule has 1 amide bonds. The van der Waals surface area contributed by atoms with Gasteiger partial charge in [-0.2, -0.15) is 0 Å². The Balaban J connectivity index is 2.21. The van der Waals surface area contributed by atoms with Crippen LogP contribution in [0.3, 0.4) is 0 Å². The van der Waals surface area contributed by atoms with Gasteiger partial charge in [-0.1, -0.05) is 25.4 Å². The molecule has 0 aromatic carbocycles. The van der Waals surface area contributed by atoms with Gasteiger partial charge in [-0.25, -0.2) is 9.97 Å². The van der Waals surface area contributed by atoms with E-state index in [1.807, 2.05) is 0 Å². The van der Waals surface area contributed by atoms with Crippen LogP contribution in [0.4, 0.5) is 5.82 Å². The van der Waals surface area contributed by atoms with Crippen LogP contribution in [0, 0.1) is 5.92 Å². The minimum absolute atomic E-state index is 0.0337. The Kier molecular flexibility index (Phi) is 5.69. The number of rotatable bonds is 6. The molecule has 0 aliphatic carbocycles. The van der Waals surface area contributed by atoms with Crippen LogP contribution in [-0.4, -0.2) is 29.0 Å². The van der Waals surface area contributed by atoms with Crippen LogP contribution in [0.5, 0.6) is 0 Å². The van der Waals surface area contributed by atoms with E-state index < -0.39 is 0 Å². The first-order valence-electron chi connectivity index (χ1n) is 5.56. The number of aromatic nitrogens is 2. The predicted molar refractivity (Wildman–Crippen MR) is 68.0 cm³/mol. The molecule has 5 nitrogen and oxygen atoms in total.